The van der Waals surface area contributed by atoms with Crippen LogP contribution >= 0.6 is 0 Å². The third-order valence-electron chi connectivity index (χ3n) is 5.12. The molecule has 0 aromatic heterocycles. The number of amides is 1. The van der Waals surface area contributed by atoms with Gasteiger partial charge in [0, 0.05) is 11.3 Å². The van der Waals surface area contributed by atoms with Gasteiger partial charge in [-0.25, -0.2) is 8.42 Å². The Hall–Kier alpha value is -3.85. The van der Waals surface area contributed by atoms with E-state index in [0.29, 0.717) is 11.3 Å². The summed E-state index contributed by atoms with van der Waals surface area (Å²) in [5, 5.41) is 2.79. The highest BCUT2D eigenvalue weighted by atomic mass is 32.2. The van der Waals surface area contributed by atoms with Gasteiger partial charge < -0.3 is 14.8 Å². The maximum absolute atomic E-state index is 13.1. The third-order valence-corrected chi connectivity index (χ3v) is 6.53. The lowest BCUT2D eigenvalue weighted by Crippen LogP contribution is -2.30. The van der Waals surface area contributed by atoms with Crippen LogP contribution < -0.4 is 14.8 Å². The molecule has 0 fully saturated rings. The number of hydrogen-bond donors (Lipinski definition) is 2. The van der Waals surface area contributed by atoms with Crippen molar-refractivity contribution in [2.75, 3.05) is 18.9 Å². The van der Waals surface area contributed by atoms with Crippen molar-refractivity contribution in [3.8, 4) is 5.75 Å². The predicted octanol–water partition coefficient (Wildman–Crippen LogP) is 3.84. The SMILES string of the molecule is COC(=O)CC(NC(=O)c1ccc(OC)c(S(=O)(=O)Nc2ccc(C)cc2)c1)c1ccccc1. The zero-order valence-electron chi connectivity index (χ0n) is 19.1. The zero-order valence-corrected chi connectivity index (χ0v) is 19.9. The lowest BCUT2D eigenvalue weighted by molar-refractivity contribution is -0.141. The van der Waals surface area contributed by atoms with Gasteiger partial charge in [0.05, 0.1) is 26.7 Å². The third kappa shape index (κ3) is 6.14. The summed E-state index contributed by atoms with van der Waals surface area (Å²) in [4.78, 5) is 24.8. The number of anilines is 1. The maximum Gasteiger partial charge on any atom is 0.307 e. The molecule has 9 heteroatoms. The van der Waals surface area contributed by atoms with Crippen LogP contribution in [0.3, 0.4) is 0 Å². The molecule has 3 aromatic rings. The van der Waals surface area contributed by atoms with Crippen LogP contribution in [-0.2, 0) is 19.6 Å². The van der Waals surface area contributed by atoms with Crippen LogP contribution in [0.25, 0.3) is 0 Å². The molecule has 3 rings (SSSR count). The number of benzene rings is 3. The molecule has 1 amide bonds. The van der Waals surface area contributed by atoms with Gasteiger partial charge in [0.2, 0.25) is 0 Å². The summed E-state index contributed by atoms with van der Waals surface area (Å²) < 4.78 is 38.7. The number of methoxy groups -OCH3 is 2. The number of rotatable bonds is 9. The van der Waals surface area contributed by atoms with E-state index in [2.05, 4.69) is 10.0 Å². The molecule has 2 N–H and O–H groups in total. The monoisotopic (exact) mass is 482 g/mol. The number of ether oxygens (including phenoxy) is 2. The van der Waals surface area contributed by atoms with Gasteiger partial charge in [-0.05, 0) is 42.8 Å². The van der Waals surface area contributed by atoms with Crippen molar-refractivity contribution < 1.29 is 27.5 Å². The maximum atomic E-state index is 13.1. The average molecular weight is 483 g/mol. The van der Waals surface area contributed by atoms with Crippen molar-refractivity contribution in [1.29, 1.82) is 0 Å². The van der Waals surface area contributed by atoms with E-state index in [-0.39, 0.29) is 22.6 Å². The largest absolute Gasteiger partial charge is 0.495 e. The molecule has 34 heavy (non-hydrogen) atoms. The summed E-state index contributed by atoms with van der Waals surface area (Å²) in [7, 11) is -1.44. The fourth-order valence-corrected chi connectivity index (χ4v) is 4.54. The second-order valence-corrected chi connectivity index (χ2v) is 9.20. The van der Waals surface area contributed by atoms with E-state index in [1.54, 1.807) is 48.5 Å². The molecule has 178 valence electrons. The smallest absolute Gasteiger partial charge is 0.307 e. The van der Waals surface area contributed by atoms with Gasteiger partial charge in [0.25, 0.3) is 15.9 Å². The number of carbonyl (C=O) groups excluding carboxylic acids is 2. The van der Waals surface area contributed by atoms with Crippen molar-refractivity contribution in [2.45, 2.75) is 24.3 Å². The van der Waals surface area contributed by atoms with Crippen LogP contribution in [0.15, 0.2) is 77.7 Å². The highest BCUT2D eigenvalue weighted by Crippen LogP contribution is 2.28. The number of sulfonamides is 1. The second-order valence-electron chi connectivity index (χ2n) is 7.55. The molecule has 0 spiro atoms. The molecule has 1 unspecified atom stereocenters. The van der Waals surface area contributed by atoms with E-state index >= 15 is 0 Å². The molecule has 0 aliphatic heterocycles. The van der Waals surface area contributed by atoms with Crippen LogP contribution in [0, 0.1) is 6.92 Å². The molecule has 0 aliphatic carbocycles. The number of esters is 1. The highest BCUT2D eigenvalue weighted by molar-refractivity contribution is 7.92. The Labute approximate surface area is 199 Å². The number of carbonyl (C=O) groups is 2. The van der Waals surface area contributed by atoms with E-state index in [9.17, 15) is 18.0 Å². The summed E-state index contributed by atoms with van der Waals surface area (Å²) in [6.45, 7) is 1.90. The van der Waals surface area contributed by atoms with E-state index in [0.717, 1.165) is 5.56 Å². The minimum Gasteiger partial charge on any atom is -0.495 e. The Morgan fingerprint density at radius 3 is 2.24 bits per heavy atom. The lowest BCUT2D eigenvalue weighted by atomic mass is 10.0. The summed E-state index contributed by atoms with van der Waals surface area (Å²) >= 11 is 0. The fourth-order valence-electron chi connectivity index (χ4n) is 3.29. The Morgan fingerprint density at radius 2 is 1.62 bits per heavy atom. The quantitative estimate of drug-likeness (QED) is 0.449. The van der Waals surface area contributed by atoms with Crippen LogP contribution in [0.2, 0.25) is 0 Å². The molecular weight excluding hydrogens is 456 g/mol. The molecule has 0 radical (unpaired) electrons. The minimum absolute atomic E-state index is 0.0808. The molecule has 1 atom stereocenters. The van der Waals surface area contributed by atoms with Crippen LogP contribution in [0.1, 0.15) is 33.9 Å². The summed E-state index contributed by atoms with van der Waals surface area (Å²) in [6, 6.07) is 19.3. The van der Waals surface area contributed by atoms with Gasteiger partial charge in [-0.15, -0.1) is 0 Å². The number of aryl methyl sites for hydroxylation is 1. The number of nitrogens with one attached hydrogen (secondary N) is 2. The first kappa shape index (κ1) is 24.8. The Morgan fingerprint density at radius 1 is 0.941 bits per heavy atom. The Kier molecular flexibility index (Phi) is 7.91. The second kappa shape index (κ2) is 10.8. The standard InChI is InChI=1S/C25H26N2O6S/c1-17-9-12-20(13-10-17)27-34(30,31)23-15-19(11-14-22(23)32-2)25(29)26-21(16-24(28)33-3)18-7-5-4-6-8-18/h4-15,21,27H,16H2,1-3H3,(H,26,29). The van der Waals surface area contributed by atoms with E-state index in [1.807, 2.05) is 13.0 Å². The molecule has 3 aromatic carbocycles. The average Bonchev–Trinajstić information content (AvgIpc) is 2.84. The Balaban J connectivity index is 1.90. The van der Waals surface area contributed by atoms with Gasteiger partial charge in [-0.3, -0.25) is 14.3 Å². The van der Waals surface area contributed by atoms with Crippen molar-refractivity contribution in [3.05, 3.63) is 89.5 Å². The van der Waals surface area contributed by atoms with Crippen LogP contribution in [0.4, 0.5) is 5.69 Å². The molecule has 0 heterocycles. The van der Waals surface area contributed by atoms with Crippen molar-refractivity contribution >= 4 is 27.6 Å². The molecule has 0 saturated heterocycles. The normalized spacial score (nSPS) is 11.9. The predicted molar refractivity (Wildman–Crippen MR) is 128 cm³/mol. The van der Waals surface area contributed by atoms with Crippen molar-refractivity contribution in [3.63, 3.8) is 0 Å². The molecule has 0 saturated carbocycles. The van der Waals surface area contributed by atoms with Gasteiger partial charge in [0.1, 0.15) is 10.6 Å². The van der Waals surface area contributed by atoms with Gasteiger partial charge >= 0.3 is 5.97 Å². The van der Waals surface area contributed by atoms with Crippen LogP contribution in [0.5, 0.6) is 5.75 Å². The van der Waals surface area contributed by atoms with Crippen LogP contribution in [-0.4, -0.2) is 34.5 Å². The summed E-state index contributed by atoms with van der Waals surface area (Å²) in [5.41, 5.74) is 2.17. The van der Waals surface area contributed by atoms with Crippen molar-refractivity contribution in [1.82, 2.24) is 5.32 Å². The van der Waals surface area contributed by atoms with E-state index in [4.69, 9.17) is 9.47 Å². The van der Waals surface area contributed by atoms with Crippen molar-refractivity contribution in [2.24, 2.45) is 0 Å². The molecule has 0 bridgehead atoms. The van der Waals surface area contributed by atoms with E-state index in [1.165, 1.54) is 32.4 Å². The van der Waals surface area contributed by atoms with Gasteiger partial charge in [-0.2, -0.15) is 0 Å². The molecule has 0 aliphatic rings. The summed E-state index contributed by atoms with van der Waals surface area (Å²) in [6.07, 6.45) is -0.0808. The topological polar surface area (TPSA) is 111 Å². The van der Waals surface area contributed by atoms with E-state index < -0.39 is 27.9 Å². The lowest BCUT2D eigenvalue weighted by Gasteiger charge is -2.19. The highest BCUT2D eigenvalue weighted by Gasteiger charge is 2.24. The minimum atomic E-state index is -4.06. The number of hydrogen-bond acceptors (Lipinski definition) is 6. The van der Waals surface area contributed by atoms with Gasteiger partial charge in [0.15, 0.2) is 0 Å². The van der Waals surface area contributed by atoms with Gasteiger partial charge in [-0.1, -0.05) is 48.0 Å². The molecule has 8 nitrogen and oxygen atoms in total. The Bertz CT molecular complexity index is 1260. The fraction of sp³-hybridized carbons (Fsp3) is 0.200. The first-order valence-corrected chi connectivity index (χ1v) is 11.9. The summed E-state index contributed by atoms with van der Waals surface area (Å²) in [5.74, 6) is -0.952. The first-order valence-electron chi connectivity index (χ1n) is 10.4. The first-order chi connectivity index (χ1) is 16.2. The molecular formula is C25H26N2O6S. The zero-order chi connectivity index (χ0) is 24.7.